The average Bonchev–Trinajstić information content (AvgIpc) is 3.12. The number of nitrogens with two attached hydrogens (primary N) is 1. The van der Waals surface area contributed by atoms with Crippen LogP contribution in [0.3, 0.4) is 0 Å². The molecule has 98 valence electrons. The highest BCUT2D eigenvalue weighted by molar-refractivity contribution is 7.99. The molecule has 1 aliphatic rings. The lowest BCUT2D eigenvalue weighted by Gasteiger charge is -2.03. The smallest absolute Gasteiger partial charge is 0.273 e. The number of hydrogen-bond acceptors (Lipinski definition) is 4. The summed E-state index contributed by atoms with van der Waals surface area (Å²) in [6.45, 7) is 4.25. The number of carbonyl (C=O) groups is 1. The van der Waals surface area contributed by atoms with Crippen LogP contribution < -0.4 is 11.1 Å². The summed E-state index contributed by atoms with van der Waals surface area (Å²) in [6, 6.07) is 0. The molecule has 0 aromatic carbocycles. The van der Waals surface area contributed by atoms with Crippen molar-refractivity contribution in [2.75, 3.05) is 23.8 Å². The highest BCUT2D eigenvalue weighted by Crippen LogP contribution is 2.42. The minimum absolute atomic E-state index is 0.199. The van der Waals surface area contributed by atoms with Crippen LogP contribution in [0.1, 0.15) is 34.9 Å². The van der Waals surface area contributed by atoms with Crippen LogP contribution in [0.5, 0.6) is 0 Å². The maximum Gasteiger partial charge on any atom is 0.273 e. The number of aromatic nitrogens is 2. The molecule has 0 radical (unpaired) electrons. The number of nitrogen functional groups attached to an aromatic ring is 1. The molecule has 1 heterocycles. The molecule has 0 aliphatic heterocycles. The topological polar surface area (TPSA) is 83.8 Å². The van der Waals surface area contributed by atoms with Crippen LogP contribution in [0.15, 0.2) is 12.7 Å². The van der Waals surface area contributed by atoms with E-state index < -0.39 is 0 Å². The fourth-order valence-corrected chi connectivity index (χ4v) is 2.29. The summed E-state index contributed by atoms with van der Waals surface area (Å²) in [5.41, 5.74) is 7.67. The van der Waals surface area contributed by atoms with E-state index in [1.54, 1.807) is 11.8 Å². The molecule has 6 heteroatoms. The first-order valence-electron chi connectivity index (χ1n) is 6.04. The van der Waals surface area contributed by atoms with Gasteiger partial charge < -0.3 is 11.1 Å². The van der Waals surface area contributed by atoms with E-state index in [1.165, 1.54) is 0 Å². The molecule has 4 N–H and O–H groups in total. The van der Waals surface area contributed by atoms with Gasteiger partial charge in [-0.05, 0) is 12.8 Å². The fraction of sp³-hybridized carbons (Fsp3) is 0.500. The number of H-pyrrole nitrogens is 1. The Labute approximate surface area is 111 Å². The van der Waals surface area contributed by atoms with Gasteiger partial charge in [0.1, 0.15) is 0 Å². The number of carbonyl (C=O) groups excluding carboxylic acids is 1. The summed E-state index contributed by atoms with van der Waals surface area (Å²) in [5.74, 6) is 2.03. The Kier molecular flexibility index (Phi) is 4.30. The van der Waals surface area contributed by atoms with Crippen molar-refractivity contribution >= 4 is 23.4 Å². The number of anilines is 1. The van der Waals surface area contributed by atoms with E-state index in [-0.39, 0.29) is 5.91 Å². The lowest BCUT2D eigenvalue weighted by molar-refractivity contribution is 0.0952. The van der Waals surface area contributed by atoms with E-state index in [9.17, 15) is 4.79 Å². The van der Waals surface area contributed by atoms with Crippen LogP contribution in [0.2, 0.25) is 0 Å². The predicted octanol–water partition coefficient (Wildman–Crippen LogP) is 1.52. The molecular weight excluding hydrogens is 248 g/mol. The molecule has 0 saturated heterocycles. The zero-order valence-electron chi connectivity index (χ0n) is 10.2. The summed E-state index contributed by atoms with van der Waals surface area (Å²) in [4.78, 5) is 11.9. The zero-order chi connectivity index (χ0) is 13.0. The largest absolute Gasteiger partial charge is 0.395 e. The highest BCUT2D eigenvalue weighted by atomic mass is 32.2. The summed E-state index contributed by atoms with van der Waals surface area (Å²) in [7, 11) is 0. The van der Waals surface area contributed by atoms with E-state index in [2.05, 4.69) is 22.1 Å². The van der Waals surface area contributed by atoms with Gasteiger partial charge in [-0.1, -0.05) is 6.08 Å². The molecule has 0 spiro atoms. The molecule has 1 fully saturated rings. The van der Waals surface area contributed by atoms with Gasteiger partial charge in [0.15, 0.2) is 5.69 Å². The number of thioether (sulfide) groups is 1. The Morgan fingerprint density at radius 1 is 1.67 bits per heavy atom. The van der Waals surface area contributed by atoms with Gasteiger partial charge in [0.2, 0.25) is 0 Å². The van der Waals surface area contributed by atoms with Gasteiger partial charge >= 0.3 is 0 Å². The molecule has 2 rings (SSSR count). The normalized spacial score (nSPS) is 14.4. The van der Waals surface area contributed by atoms with E-state index in [0.29, 0.717) is 23.8 Å². The van der Waals surface area contributed by atoms with Gasteiger partial charge in [-0.3, -0.25) is 9.89 Å². The molecule has 1 aliphatic carbocycles. The molecule has 0 atom stereocenters. The molecule has 18 heavy (non-hydrogen) atoms. The second-order valence-corrected chi connectivity index (χ2v) is 5.44. The van der Waals surface area contributed by atoms with Gasteiger partial charge in [-0.15, -0.1) is 6.58 Å². The van der Waals surface area contributed by atoms with Crippen molar-refractivity contribution < 1.29 is 4.79 Å². The van der Waals surface area contributed by atoms with Gasteiger partial charge in [0.25, 0.3) is 5.91 Å². The lowest BCUT2D eigenvalue weighted by Crippen LogP contribution is -2.26. The third kappa shape index (κ3) is 3.07. The van der Waals surface area contributed by atoms with Crippen molar-refractivity contribution in [3.63, 3.8) is 0 Å². The van der Waals surface area contributed by atoms with Crippen LogP contribution in [0.4, 0.5) is 5.69 Å². The minimum atomic E-state index is -0.199. The number of aromatic amines is 1. The number of hydrogen-bond donors (Lipinski definition) is 3. The Hall–Kier alpha value is -1.43. The second-order valence-electron chi connectivity index (χ2n) is 4.29. The second kappa shape index (κ2) is 5.95. The molecule has 1 aromatic heterocycles. The molecule has 1 amide bonds. The highest BCUT2D eigenvalue weighted by Gasteiger charge is 2.30. The zero-order valence-corrected chi connectivity index (χ0v) is 11.1. The Morgan fingerprint density at radius 2 is 2.44 bits per heavy atom. The van der Waals surface area contributed by atoms with Crippen molar-refractivity contribution in [1.29, 1.82) is 0 Å². The Bertz CT molecular complexity index is 439. The Morgan fingerprint density at radius 3 is 3.11 bits per heavy atom. The Balaban J connectivity index is 1.83. The predicted molar refractivity (Wildman–Crippen MR) is 74.8 cm³/mol. The van der Waals surface area contributed by atoms with E-state index in [4.69, 9.17) is 5.73 Å². The first kappa shape index (κ1) is 13.0. The first-order valence-corrected chi connectivity index (χ1v) is 7.20. The van der Waals surface area contributed by atoms with Crippen molar-refractivity contribution in [3.8, 4) is 0 Å². The average molecular weight is 266 g/mol. The lowest BCUT2D eigenvalue weighted by atomic mass is 10.2. The maximum atomic E-state index is 11.9. The van der Waals surface area contributed by atoms with Gasteiger partial charge in [-0.25, -0.2) is 0 Å². The number of rotatable bonds is 7. The van der Waals surface area contributed by atoms with Crippen LogP contribution in [-0.4, -0.2) is 34.2 Å². The summed E-state index contributed by atoms with van der Waals surface area (Å²) in [5, 5.41) is 9.70. The number of amides is 1. The quantitative estimate of drug-likeness (QED) is 0.516. The van der Waals surface area contributed by atoms with Crippen LogP contribution in [-0.2, 0) is 0 Å². The van der Waals surface area contributed by atoms with Crippen molar-refractivity contribution in [1.82, 2.24) is 15.5 Å². The molecular formula is C12H18N4OS. The monoisotopic (exact) mass is 266 g/mol. The minimum Gasteiger partial charge on any atom is -0.395 e. The van der Waals surface area contributed by atoms with Crippen molar-refractivity contribution in [3.05, 3.63) is 24.0 Å². The van der Waals surface area contributed by atoms with Crippen molar-refractivity contribution in [2.45, 2.75) is 18.8 Å². The summed E-state index contributed by atoms with van der Waals surface area (Å²) in [6.07, 6.45) is 4.11. The van der Waals surface area contributed by atoms with E-state index >= 15 is 0 Å². The van der Waals surface area contributed by atoms with Crippen LogP contribution >= 0.6 is 11.8 Å². The van der Waals surface area contributed by atoms with Gasteiger partial charge in [0, 0.05) is 24.0 Å². The van der Waals surface area contributed by atoms with Gasteiger partial charge in [0.05, 0.1) is 11.4 Å². The van der Waals surface area contributed by atoms with Gasteiger partial charge in [-0.2, -0.15) is 16.9 Å². The number of nitrogens with one attached hydrogen (secondary N) is 2. The van der Waals surface area contributed by atoms with Crippen LogP contribution in [0.25, 0.3) is 0 Å². The third-order valence-electron chi connectivity index (χ3n) is 2.80. The summed E-state index contributed by atoms with van der Waals surface area (Å²) < 4.78 is 0. The molecule has 5 nitrogen and oxygen atoms in total. The van der Waals surface area contributed by atoms with Crippen LogP contribution in [0, 0.1) is 0 Å². The SMILES string of the molecule is C=CCSCCNC(=O)c1n[nH]c(C2CC2)c1N. The number of nitrogens with zero attached hydrogens (tertiary/aromatic N) is 1. The summed E-state index contributed by atoms with van der Waals surface area (Å²) >= 11 is 1.72. The fourth-order valence-electron chi connectivity index (χ4n) is 1.71. The molecule has 1 aromatic rings. The molecule has 0 bridgehead atoms. The van der Waals surface area contributed by atoms with E-state index in [1.807, 2.05) is 6.08 Å². The third-order valence-corrected chi connectivity index (χ3v) is 3.77. The maximum absolute atomic E-state index is 11.9. The van der Waals surface area contributed by atoms with Crippen molar-refractivity contribution in [2.24, 2.45) is 0 Å². The molecule has 1 saturated carbocycles. The standard InChI is InChI=1S/C12H18N4OS/c1-2-6-18-7-5-14-12(17)11-9(13)10(15-16-11)8-3-4-8/h2,8H,1,3-7,13H2,(H,14,17)(H,15,16). The molecule has 0 unspecified atom stereocenters. The van der Waals surface area contributed by atoms with E-state index in [0.717, 1.165) is 30.0 Å². The first-order chi connectivity index (χ1) is 8.74.